The first-order valence-electron chi connectivity index (χ1n) is 9.79. The summed E-state index contributed by atoms with van der Waals surface area (Å²) in [4.78, 5) is 13.0. The molecule has 5 nitrogen and oxygen atoms in total. The monoisotopic (exact) mass is 408 g/mol. The fraction of sp³-hybridized carbons (Fsp3) is 0.261. The summed E-state index contributed by atoms with van der Waals surface area (Å²) in [5.74, 6) is -0.290. The Bertz CT molecular complexity index is 1170. The van der Waals surface area contributed by atoms with Crippen LogP contribution in [0.3, 0.4) is 0 Å². The Labute approximate surface area is 171 Å². The number of sulfonamides is 1. The highest BCUT2D eigenvalue weighted by Crippen LogP contribution is 2.43. The molecule has 0 aromatic heterocycles. The molecule has 1 aliphatic heterocycles. The Morgan fingerprint density at radius 1 is 1.03 bits per heavy atom. The Kier molecular flexibility index (Phi) is 5.04. The van der Waals surface area contributed by atoms with E-state index in [1.54, 1.807) is 25.1 Å². The maximum Gasteiger partial charge on any atom is 0.265 e. The maximum atomic E-state index is 13.1. The smallest absolute Gasteiger partial charge is 0.265 e. The van der Waals surface area contributed by atoms with Gasteiger partial charge in [-0.2, -0.15) is 0 Å². The highest BCUT2D eigenvalue weighted by atomic mass is 32.2. The maximum absolute atomic E-state index is 13.1. The second kappa shape index (κ2) is 7.52. The average molecular weight is 409 g/mol. The molecule has 3 aromatic carbocycles. The van der Waals surface area contributed by atoms with Crippen LogP contribution >= 0.6 is 0 Å². The second-order valence-electron chi connectivity index (χ2n) is 7.49. The van der Waals surface area contributed by atoms with Gasteiger partial charge in [0, 0.05) is 11.9 Å². The summed E-state index contributed by atoms with van der Waals surface area (Å²) in [6.07, 6.45) is 1.66. The van der Waals surface area contributed by atoms with Crippen molar-refractivity contribution in [1.29, 1.82) is 0 Å². The van der Waals surface area contributed by atoms with Crippen molar-refractivity contribution in [3.63, 3.8) is 0 Å². The van der Waals surface area contributed by atoms with Gasteiger partial charge in [0.25, 0.3) is 10.0 Å². The van der Waals surface area contributed by atoms with Crippen molar-refractivity contribution in [3.8, 4) is 0 Å². The van der Waals surface area contributed by atoms with Crippen LogP contribution in [0.5, 0.6) is 0 Å². The lowest BCUT2D eigenvalue weighted by molar-refractivity contribution is -0.121. The fourth-order valence-corrected chi connectivity index (χ4v) is 5.72. The molecule has 0 fully saturated rings. The first-order valence-corrected chi connectivity index (χ1v) is 11.2. The molecule has 150 valence electrons. The lowest BCUT2D eigenvalue weighted by atomic mass is 10.1. The third-order valence-electron chi connectivity index (χ3n) is 5.41. The van der Waals surface area contributed by atoms with Crippen LogP contribution < -0.4 is 9.62 Å². The van der Waals surface area contributed by atoms with Gasteiger partial charge in [-0.1, -0.05) is 54.1 Å². The van der Waals surface area contributed by atoms with E-state index in [4.69, 9.17) is 0 Å². The van der Waals surface area contributed by atoms with E-state index in [9.17, 15) is 13.2 Å². The number of benzene rings is 3. The Morgan fingerprint density at radius 2 is 1.72 bits per heavy atom. The molecule has 1 amide bonds. The molecule has 0 radical (unpaired) electrons. The van der Waals surface area contributed by atoms with Gasteiger partial charge in [-0.25, -0.2) is 8.42 Å². The van der Waals surface area contributed by atoms with Crippen LogP contribution in [-0.4, -0.2) is 26.9 Å². The minimum Gasteiger partial charge on any atom is -0.354 e. The van der Waals surface area contributed by atoms with Crippen molar-refractivity contribution >= 4 is 32.4 Å². The summed E-state index contributed by atoms with van der Waals surface area (Å²) in [7, 11) is -3.75. The summed E-state index contributed by atoms with van der Waals surface area (Å²) in [6.45, 7) is 4.19. The minimum atomic E-state index is -3.75. The van der Waals surface area contributed by atoms with Gasteiger partial charge in [0.1, 0.15) is 6.04 Å². The number of hydrogen-bond acceptors (Lipinski definition) is 3. The van der Waals surface area contributed by atoms with Gasteiger partial charge in [0.2, 0.25) is 5.91 Å². The van der Waals surface area contributed by atoms with Gasteiger partial charge in [-0.15, -0.1) is 0 Å². The normalized spacial score (nSPS) is 15.4. The number of nitrogens with one attached hydrogen (secondary N) is 1. The van der Waals surface area contributed by atoms with Crippen LogP contribution in [0, 0.1) is 6.92 Å². The zero-order valence-corrected chi connectivity index (χ0v) is 17.4. The second-order valence-corrected chi connectivity index (χ2v) is 9.27. The molecule has 0 unspecified atom stereocenters. The molecule has 1 heterocycles. The van der Waals surface area contributed by atoms with Crippen molar-refractivity contribution in [2.45, 2.75) is 37.6 Å². The molecule has 4 rings (SSSR count). The molecule has 3 aromatic rings. The molecular formula is C23H24N2O3S. The molecule has 1 N–H and O–H groups in total. The molecule has 29 heavy (non-hydrogen) atoms. The molecular weight excluding hydrogens is 384 g/mol. The molecule has 1 atom stereocenters. The number of rotatable bonds is 6. The number of nitrogens with zero attached hydrogens (tertiary/aromatic N) is 1. The van der Waals surface area contributed by atoms with E-state index < -0.39 is 16.1 Å². The quantitative estimate of drug-likeness (QED) is 0.631. The lowest BCUT2D eigenvalue weighted by Crippen LogP contribution is -2.47. The van der Waals surface area contributed by atoms with Crippen molar-refractivity contribution in [1.82, 2.24) is 5.32 Å². The Hall–Kier alpha value is -2.86. The summed E-state index contributed by atoms with van der Waals surface area (Å²) < 4.78 is 27.4. The molecule has 1 aliphatic rings. The van der Waals surface area contributed by atoms with E-state index in [1.165, 1.54) is 15.4 Å². The van der Waals surface area contributed by atoms with Crippen molar-refractivity contribution < 1.29 is 13.2 Å². The van der Waals surface area contributed by atoms with Crippen LogP contribution in [-0.2, 0) is 21.2 Å². The zero-order valence-electron chi connectivity index (χ0n) is 16.6. The van der Waals surface area contributed by atoms with Gasteiger partial charge in [-0.05, 0) is 49.8 Å². The summed E-state index contributed by atoms with van der Waals surface area (Å²) in [5, 5.41) is 4.44. The third kappa shape index (κ3) is 3.49. The van der Waals surface area contributed by atoms with Crippen LogP contribution in [0.25, 0.3) is 10.8 Å². The van der Waals surface area contributed by atoms with Crippen LogP contribution in [0.4, 0.5) is 5.69 Å². The van der Waals surface area contributed by atoms with E-state index in [0.29, 0.717) is 17.6 Å². The molecule has 6 heteroatoms. The number of amides is 1. The molecule has 0 spiro atoms. The standard InChI is InChI=1S/C23H24N2O3S/c1-16-11-13-18(14-12-16)6-5-15-24-23(26)17(2)25-20-9-3-7-19-8-4-10-21(22(19)20)29(25,27)28/h3-4,7-14,17H,5-6,15H2,1-2H3,(H,24,26)/t17-/m0/s1. The average Bonchev–Trinajstić information content (AvgIpc) is 2.94. The van der Waals surface area contributed by atoms with E-state index in [2.05, 4.69) is 36.5 Å². The van der Waals surface area contributed by atoms with E-state index in [-0.39, 0.29) is 10.8 Å². The lowest BCUT2D eigenvalue weighted by Gasteiger charge is -2.25. The van der Waals surface area contributed by atoms with Gasteiger partial charge in [-0.3, -0.25) is 9.10 Å². The largest absolute Gasteiger partial charge is 0.354 e. The number of carbonyl (C=O) groups excluding carboxylic acids is 1. The minimum absolute atomic E-state index is 0.268. The number of carbonyl (C=O) groups is 1. The fourth-order valence-electron chi connectivity index (χ4n) is 3.85. The number of hydrogen-bond donors (Lipinski definition) is 1. The molecule has 0 saturated heterocycles. The van der Waals surface area contributed by atoms with Gasteiger partial charge < -0.3 is 5.32 Å². The Morgan fingerprint density at radius 3 is 2.45 bits per heavy atom. The summed E-state index contributed by atoms with van der Waals surface area (Å²) in [6, 6.07) is 18.2. The Balaban J connectivity index is 1.45. The predicted molar refractivity (Wildman–Crippen MR) is 116 cm³/mol. The van der Waals surface area contributed by atoms with Gasteiger partial charge in [0.05, 0.1) is 10.6 Å². The van der Waals surface area contributed by atoms with Crippen LogP contribution in [0.2, 0.25) is 0 Å². The number of aryl methyl sites for hydroxylation is 2. The summed E-state index contributed by atoms with van der Waals surface area (Å²) in [5.41, 5.74) is 3.02. The van der Waals surface area contributed by atoms with Gasteiger partial charge >= 0.3 is 0 Å². The molecule has 0 saturated carbocycles. The molecule has 0 aliphatic carbocycles. The van der Waals surface area contributed by atoms with Crippen molar-refractivity contribution in [3.05, 3.63) is 71.8 Å². The predicted octanol–water partition coefficient (Wildman–Crippen LogP) is 3.79. The van der Waals surface area contributed by atoms with Crippen LogP contribution in [0.1, 0.15) is 24.5 Å². The first kappa shape index (κ1) is 19.5. The zero-order chi connectivity index (χ0) is 20.6. The highest BCUT2D eigenvalue weighted by molar-refractivity contribution is 7.93. The number of anilines is 1. The highest BCUT2D eigenvalue weighted by Gasteiger charge is 2.40. The van der Waals surface area contributed by atoms with E-state index >= 15 is 0 Å². The summed E-state index contributed by atoms with van der Waals surface area (Å²) >= 11 is 0. The van der Waals surface area contributed by atoms with Gasteiger partial charge in [0.15, 0.2) is 0 Å². The molecule has 0 bridgehead atoms. The van der Waals surface area contributed by atoms with E-state index in [1.807, 2.05) is 18.2 Å². The van der Waals surface area contributed by atoms with Crippen LogP contribution in [0.15, 0.2) is 65.6 Å². The topological polar surface area (TPSA) is 66.5 Å². The first-order chi connectivity index (χ1) is 13.9. The SMILES string of the molecule is Cc1ccc(CCCNC(=O)[C@H](C)N2c3cccc4cccc(c34)S2(=O)=O)cc1. The van der Waals surface area contributed by atoms with E-state index in [0.717, 1.165) is 18.2 Å². The van der Waals surface area contributed by atoms with Crippen molar-refractivity contribution in [2.24, 2.45) is 0 Å². The third-order valence-corrected chi connectivity index (χ3v) is 7.34. The van der Waals surface area contributed by atoms with Crippen molar-refractivity contribution in [2.75, 3.05) is 10.8 Å².